The number of hydrogen-bond donors (Lipinski definition) is 0. The maximum Gasteiger partial charge on any atom is 0.213 e. The SMILES string of the molecule is Brc1ccc2c(c1)C[n+]1ccccc1-2. The van der Waals surface area contributed by atoms with Gasteiger partial charge in [-0.25, -0.2) is 0 Å². The summed E-state index contributed by atoms with van der Waals surface area (Å²) in [6.45, 7) is 0.991. The van der Waals surface area contributed by atoms with Crippen LogP contribution in [0.3, 0.4) is 0 Å². The van der Waals surface area contributed by atoms with Gasteiger partial charge in [-0.3, -0.25) is 0 Å². The number of rotatable bonds is 0. The van der Waals surface area contributed by atoms with Crippen molar-refractivity contribution in [2.75, 3.05) is 0 Å². The van der Waals surface area contributed by atoms with Crippen LogP contribution in [-0.4, -0.2) is 0 Å². The Kier molecular flexibility index (Phi) is 1.71. The van der Waals surface area contributed by atoms with E-state index < -0.39 is 0 Å². The van der Waals surface area contributed by atoms with Crippen molar-refractivity contribution >= 4 is 15.9 Å². The van der Waals surface area contributed by atoms with Gasteiger partial charge in [0.25, 0.3) is 0 Å². The first-order chi connectivity index (χ1) is 6.84. The minimum absolute atomic E-state index is 0.991. The standard InChI is InChI=1S/C12H9BrN/c13-10-4-5-11-9(7-10)8-14-6-2-1-3-12(11)14/h1-7H,8H2/q+1. The van der Waals surface area contributed by atoms with Gasteiger partial charge in [0.1, 0.15) is 0 Å². The van der Waals surface area contributed by atoms with Crippen LogP contribution < -0.4 is 4.57 Å². The summed E-state index contributed by atoms with van der Waals surface area (Å²) in [5.74, 6) is 0. The molecule has 1 nitrogen and oxygen atoms in total. The Morgan fingerprint density at radius 2 is 2.07 bits per heavy atom. The molecule has 2 aromatic rings. The number of fused-ring (bicyclic) bond motifs is 3. The maximum atomic E-state index is 3.50. The van der Waals surface area contributed by atoms with Crippen molar-refractivity contribution in [3.05, 3.63) is 52.6 Å². The predicted molar refractivity (Wildman–Crippen MR) is 58.9 cm³/mol. The Morgan fingerprint density at radius 1 is 1.14 bits per heavy atom. The number of nitrogens with zero attached hydrogens (tertiary/aromatic N) is 1. The summed E-state index contributed by atoms with van der Waals surface area (Å²) in [5, 5.41) is 0. The van der Waals surface area contributed by atoms with Crippen molar-refractivity contribution in [2.45, 2.75) is 6.54 Å². The highest BCUT2D eigenvalue weighted by atomic mass is 79.9. The van der Waals surface area contributed by atoms with E-state index in [2.05, 4.69) is 63.1 Å². The Balaban J connectivity index is 2.27. The van der Waals surface area contributed by atoms with E-state index in [-0.39, 0.29) is 0 Å². The van der Waals surface area contributed by atoms with Gasteiger partial charge < -0.3 is 0 Å². The third-order valence-corrected chi connectivity index (χ3v) is 3.12. The van der Waals surface area contributed by atoms with Crippen molar-refractivity contribution in [3.8, 4) is 11.3 Å². The van der Waals surface area contributed by atoms with Gasteiger partial charge >= 0.3 is 0 Å². The second kappa shape index (κ2) is 2.92. The molecule has 0 amide bonds. The Bertz CT molecular complexity index is 505. The molecule has 2 heteroatoms. The fourth-order valence-electron chi connectivity index (χ4n) is 1.99. The molecule has 1 aliphatic heterocycles. The van der Waals surface area contributed by atoms with Gasteiger partial charge in [0.15, 0.2) is 12.7 Å². The van der Waals surface area contributed by atoms with Gasteiger partial charge in [-0.15, -0.1) is 0 Å². The second-order valence-electron chi connectivity index (χ2n) is 3.52. The van der Waals surface area contributed by atoms with Gasteiger partial charge in [-0.05, 0) is 24.3 Å². The van der Waals surface area contributed by atoms with Crippen LogP contribution in [0.4, 0.5) is 0 Å². The molecule has 0 bridgehead atoms. The molecule has 0 saturated carbocycles. The molecular weight excluding hydrogens is 238 g/mol. The molecule has 68 valence electrons. The minimum Gasteiger partial charge on any atom is -0.194 e. The summed E-state index contributed by atoms with van der Waals surface area (Å²) in [6, 6.07) is 12.8. The highest BCUT2D eigenvalue weighted by Gasteiger charge is 2.24. The summed E-state index contributed by atoms with van der Waals surface area (Å²) in [4.78, 5) is 0. The lowest BCUT2D eigenvalue weighted by atomic mass is 10.1. The fourth-order valence-corrected chi connectivity index (χ4v) is 2.39. The van der Waals surface area contributed by atoms with Crippen molar-refractivity contribution in [1.82, 2.24) is 0 Å². The third kappa shape index (κ3) is 1.11. The highest BCUT2D eigenvalue weighted by molar-refractivity contribution is 9.10. The van der Waals surface area contributed by atoms with Crippen LogP contribution in [0.5, 0.6) is 0 Å². The summed E-state index contributed by atoms with van der Waals surface area (Å²) in [6.07, 6.45) is 2.13. The normalized spacial score (nSPS) is 12.4. The molecule has 0 unspecified atom stereocenters. The van der Waals surface area contributed by atoms with E-state index in [1.54, 1.807) is 0 Å². The zero-order valence-corrected chi connectivity index (χ0v) is 9.16. The van der Waals surface area contributed by atoms with E-state index in [4.69, 9.17) is 0 Å². The van der Waals surface area contributed by atoms with Crippen molar-refractivity contribution in [1.29, 1.82) is 0 Å². The van der Waals surface area contributed by atoms with E-state index in [0.29, 0.717) is 0 Å². The van der Waals surface area contributed by atoms with Gasteiger partial charge in [-0.1, -0.05) is 15.9 Å². The predicted octanol–water partition coefficient (Wildman–Crippen LogP) is 2.77. The lowest BCUT2D eigenvalue weighted by Gasteiger charge is -1.93. The lowest BCUT2D eigenvalue weighted by molar-refractivity contribution is -0.672. The number of aromatic nitrogens is 1. The van der Waals surface area contributed by atoms with E-state index in [1.807, 2.05) is 0 Å². The van der Waals surface area contributed by atoms with E-state index in [0.717, 1.165) is 11.0 Å². The van der Waals surface area contributed by atoms with Gasteiger partial charge in [0.2, 0.25) is 5.69 Å². The zero-order valence-electron chi connectivity index (χ0n) is 7.57. The first kappa shape index (κ1) is 8.18. The molecule has 0 N–H and O–H groups in total. The van der Waals surface area contributed by atoms with Crippen LogP contribution in [0.1, 0.15) is 5.56 Å². The average Bonchev–Trinajstić information content (AvgIpc) is 2.54. The molecule has 1 aliphatic rings. The monoisotopic (exact) mass is 246 g/mol. The molecule has 1 aromatic heterocycles. The molecule has 14 heavy (non-hydrogen) atoms. The Morgan fingerprint density at radius 3 is 3.00 bits per heavy atom. The average molecular weight is 247 g/mol. The van der Waals surface area contributed by atoms with E-state index in [9.17, 15) is 0 Å². The van der Waals surface area contributed by atoms with E-state index >= 15 is 0 Å². The molecule has 1 aromatic carbocycles. The van der Waals surface area contributed by atoms with Crippen molar-refractivity contribution < 1.29 is 4.57 Å². The smallest absolute Gasteiger partial charge is 0.194 e. The summed E-state index contributed by atoms with van der Waals surface area (Å²) in [7, 11) is 0. The molecular formula is C12H9BrN+. The van der Waals surface area contributed by atoms with Gasteiger partial charge in [0.05, 0.1) is 5.56 Å². The number of hydrogen-bond acceptors (Lipinski definition) is 0. The number of pyridine rings is 1. The molecule has 0 fully saturated rings. The quantitative estimate of drug-likeness (QED) is 0.538. The molecule has 0 atom stereocenters. The minimum atomic E-state index is 0.991. The number of benzene rings is 1. The molecule has 0 saturated heterocycles. The number of halogens is 1. The maximum absolute atomic E-state index is 3.50. The molecule has 2 heterocycles. The largest absolute Gasteiger partial charge is 0.213 e. The Labute approximate surface area is 91.1 Å². The van der Waals surface area contributed by atoms with Crippen LogP contribution in [0.2, 0.25) is 0 Å². The Hall–Kier alpha value is -1.15. The molecule has 0 radical (unpaired) electrons. The van der Waals surface area contributed by atoms with Gasteiger partial charge in [0, 0.05) is 22.2 Å². The summed E-state index contributed by atoms with van der Waals surface area (Å²) >= 11 is 3.50. The summed E-state index contributed by atoms with van der Waals surface area (Å²) < 4.78 is 3.43. The topological polar surface area (TPSA) is 3.88 Å². The fraction of sp³-hybridized carbons (Fsp3) is 0.0833. The second-order valence-corrected chi connectivity index (χ2v) is 4.43. The van der Waals surface area contributed by atoms with Crippen LogP contribution in [0.25, 0.3) is 11.3 Å². The van der Waals surface area contributed by atoms with Crippen molar-refractivity contribution in [3.63, 3.8) is 0 Å². The summed E-state index contributed by atoms with van der Waals surface area (Å²) in [5.41, 5.74) is 4.06. The van der Waals surface area contributed by atoms with Gasteiger partial charge in [-0.2, -0.15) is 4.57 Å². The third-order valence-electron chi connectivity index (χ3n) is 2.62. The lowest BCUT2D eigenvalue weighted by Crippen LogP contribution is -2.31. The van der Waals surface area contributed by atoms with Crippen LogP contribution in [0.15, 0.2) is 47.1 Å². The molecule has 3 rings (SSSR count). The van der Waals surface area contributed by atoms with Crippen molar-refractivity contribution in [2.24, 2.45) is 0 Å². The van der Waals surface area contributed by atoms with Crippen LogP contribution in [-0.2, 0) is 6.54 Å². The first-order valence-corrected chi connectivity index (χ1v) is 5.41. The van der Waals surface area contributed by atoms with Crippen LogP contribution >= 0.6 is 15.9 Å². The van der Waals surface area contributed by atoms with Crippen LogP contribution in [0, 0.1) is 0 Å². The zero-order chi connectivity index (χ0) is 9.54. The molecule has 0 spiro atoms. The first-order valence-electron chi connectivity index (χ1n) is 4.62. The highest BCUT2D eigenvalue weighted by Crippen LogP contribution is 2.28. The molecule has 0 aliphatic carbocycles. The van der Waals surface area contributed by atoms with E-state index in [1.165, 1.54) is 16.8 Å².